The lowest BCUT2D eigenvalue weighted by Crippen LogP contribution is -2.29. The van der Waals surface area contributed by atoms with Gasteiger partial charge >= 0.3 is 0 Å². The van der Waals surface area contributed by atoms with E-state index < -0.39 is 0 Å². The first-order valence-electron chi connectivity index (χ1n) is 6.44. The van der Waals surface area contributed by atoms with Crippen molar-refractivity contribution in [2.75, 3.05) is 18.6 Å². The zero-order chi connectivity index (χ0) is 14.1. The van der Waals surface area contributed by atoms with Crippen LogP contribution in [0.25, 0.3) is 0 Å². The Hall–Kier alpha value is -2.36. The Labute approximate surface area is 116 Å². The van der Waals surface area contributed by atoms with Gasteiger partial charge in [0.2, 0.25) is 0 Å². The summed E-state index contributed by atoms with van der Waals surface area (Å²) in [4.78, 5) is 14.1. The number of ether oxygens (including phenoxy) is 1. The molecule has 0 saturated carbocycles. The van der Waals surface area contributed by atoms with E-state index in [9.17, 15) is 9.18 Å². The molecule has 2 aromatic carbocycles. The third kappa shape index (κ3) is 1.93. The normalized spacial score (nSPS) is 13.2. The summed E-state index contributed by atoms with van der Waals surface area (Å²) in [6, 6.07) is 11.9. The zero-order valence-electron chi connectivity index (χ0n) is 11.1. The number of carbonyl (C=O) groups excluding carboxylic acids is 1. The maximum atomic E-state index is 14.0. The van der Waals surface area contributed by atoms with Gasteiger partial charge in [0, 0.05) is 6.54 Å². The van der Waals surface area contributed by atoms with Gasteiger partial charge in [-0.1, -0.05) is 24.3 Å². The number of carbonyl (C=O) groups is 1. The van der Waals surface area contributed by atoms with Gasteiger partial charge in [-0.15, -0.1) is 0 Å². The lowest BCUT2D eigenvalue weighted by atomic mass is 10.1. The van der Waals surface area contributed by atoms with E-state index >= 15 is 0 Å². The molecule has 3 rings (SSSR count). The summed E-state index contributed by atoms with van der Waals surface area (Å²) in [6.45, 7) is 0.493. The molecule has 3 nitrogen and oxygen atoms in total. The number of fused-ring (bicyclic) bond motifs is 1. The third-order valence-electron chi connectivity index (χ3n) is 3.53. The Balaban J connectivity index is 2.02. The van der Waals surface area contributed by atoms with Crippen molar-refractivity contribution in [1.82, 2.24) is 0 Å². The topological polar surface area (TPSA) is 29.5 Å². The van der Waals surface area contributed by atoms with E-state index in [0.717, 1.165) is 5.56 Å². The van der Waals surface area contributed by atoms with Gasteiger partial charge in [-0.3, -0.25) is 4.79 Å². The van der Waals surface area contributed by atoms with Crippen molar-refractivity contribution in [2.45, 2.75) is 6.42 Å². The van der Waals surface area contributed by atoms with Gasteiger partial charge in [0.25, 0.3) is 5.91 Å². The quantitative estimate of drug-likeness (QED) is 0.840. The van der Waals surface area contributed by atoms with Crippen LogP contribution in [-0.2, 0) is 6.42 Å². The molecule has 1 aliphatic rings. The molecular weight excluding hydrogens is 257 g/mol. The lowest BCUT2D eigenvalue weighted by Gasteiger charge is -2.19. The van der Waals surface area contributed by atoms with E-state index in [4.69, 9.17) is 4.74 Å². The van der Waals surface area contributed by atoms with Crippen molar-refractivity contribution in [3.63, 3.8) is 0 Å². The van der Waals surface area contributed by atoms with Crippen molar-refractivity contribution in [3.05, 3.63) is 59.4 Å². The second kappa shape index (κ2) is 4.96. The summed E-state index contributed by atoms with van der Waals surface area (Å²) in [5, 5.41) is 0. The predicted molar refractivity (Wildman–Crippen MR) is 74.8 cm³/mol. The van der Waals surface area contributed by atoms with E-state index in [1.165, 1.54) is 18.1 Å². The molecule has 0 fully saturated rings. The molecule has 1 aliphatic heterocycles. The highest BCUT2D eigenvalue weighted by Gasteiger charge is 2.29. The molecule has 0 spiro atoms. The molecule has 0 aromatic heterocycles. The van der Waals surface area contributed by atoms with Crippen LogP contribution < -0.4 is 9.64 Å². The van der Waals surface area contributed by atoms with Crippen LogP contribution in [0.3, 0.4) is 0 Å². The van der Waals surface area contributed by atoms with Crippen molar-refractivity contribution < 1.29 is 13.9 Å². The molecule has 0 radical (unpaired) electrons. The molecule has 0 saturated heterocycles. The summed E-state index contributed by atoms with van der Waals surface area (Å²) >= 11 is 0. The number of anilines is 1. The molecule has 4 heteroatoms. The average molecular weight is 271 g/mol. The second-order valence-electron chi connectivity index (χ2n) is 4.65. The van der Waals surface area contributed by atoms with Crippen molar-refractivity contribution in [2.24, 2.45) is 0 Å². The summed E-state index contributed by atoms with van der Waals surface area (Å²) in [5.74, 6) is -0.0863. The zero-order valence-corrected chi connectivity index (χ0v) is 11.1. The monoisotopic (exact) mass is 271 g/mol. The minimum atomic E-state index is -0.358. The summed E-state index contributed by atoms with van der Waals surface area (Å²) in [7, 11) is 1.52. The molecule has 0 bridgehead atoms. The largest absolute Gasteiger partial charge is 0.496 e. The fourth-order valence-electron chi connectivity index (χ4n) is 2.58. The van der Waals surface area contributed by atoms with Crippen LogP contribution in [0, 0.1) is 5.82 Å². The molecule has 2 aromatic rings. The van der Waals surface area contributed by atoms with Gasteiger partial charge in [-0.25, -0.2) is 4.39 Å². The maximum Gasteiger partial charge on any atom is 0.262 e. The third-order valence-corrected chi connectivity index (χ3v) is 3.53. The SMILES string of the molecule is COc1ccccc1C(=O)N1CCc2cccc(F)c21. The molecule has 1 heterocycles. The second-order valence-corrected chi connectivity index (χ2v) is 4.65. The highest BCUT2D eigenvalue weighted by molar-refractivity contribution is 6.09. The molecule has 0 N–H and O–H groups in total. The predicted octanol–water partition coefficient (Wildman–Crippen LogP) is 3.04. The number of methoxy groups -OCH3 is 1. The average Bonchev–Trinajstić information content (AvgIpc) is 2.92. The molecule has 1 amide bonds. The van der Waals surface area contributed by atoms with Crippen molar-refractivity contribution >= 4 is 11.6 Å². The van der Waals surface area contributed by atoms with E-state index in [-0.39, 0.29) is 11.7 Å². The molecule has 0 unspecified atom stereocenters. The Kier molecular flexibility index (Phi) is 3.14. The summed E-state index contributed by atoms with van der Waals surface area (Å²) in [5.41, 5.74) is 1.71. The first kappa shape index (κ1) is 12.7. The van der Waals surface area contributed by atoms with Gasteiger partial charge in [-0.05, 0) is 30.2 Å². The van der Waals surface area contributed by atoms with Crippen LogP contribution in [0.15, 0.2) is 42.5 Å². The number of benzene rings is 2. The molecule has 20 heavy (non-hydrogen) atoms. The van der Waals surface area contributed by atoms with Gasteiger partial charge in [0.1, 0.15) is 11.6 Å². The molecule has 0 aliphatic carbocycles. The lowest BCUT2D eigenvalue weighted by molar-refractivity contribution is 0.0985. The smallest absolute Gasteiger partial charge is 0.262 e. The van der Waals surface area contributed by atoms with Crippen LogP contribution >= 0.6 is 0 Å². The Morgan fingerprint density at radius 2 is 2.00 bits per heavy atom. The van der Waals surface area contributed by atoms with Gasteiger partial charge in [0.15, 0.2) is 0 Å². The van der Waals surface area contributed by atoms with Gasteiger partial charge in [0.05, 0.1) is 18.4 Å². The first-order valence-corrected chi connectivity index (χ1v) is 6.44. The molecular formula is C16H14FNO2. The van der Waals surface area contributed by atoms with Crippen LogP contribution in [-0.4, -0.2) is 19.6 Å². The number of rotatable bonds is 2. The van der Waals surface area contributed by atoms with E-state index in [1.54, 1.807) is 30.3 Å². The Morgan fingerprint density at radius 1 is 1.20 bits per heavy atom. The first-order chi connectivity index (χ1) is 9.72. The van der Waals surface area contributed by atoms with E-state index in [1.807, 2.05) is 6.07 Å². The van der Waals surface area contributed by atoms with Crippen molar-refractivity contribution in [3.8, 4) is 5.75 Å². The van der Waals surface area contributed by atoms with Crippen LogP contribution in [0.2, 0.25) is 0 Å². The van der Waals surface area contributed by atoms with E-state index in [2.05, 4.69) is 0 Å². The molecule has 102 valence electrons. The highest BCUT2D eigenvalue weighted by atomic mass is 19.1. The van der Waals surface area contributed by atoms with Gasteiger partial charge < -0.3 is 9.64 Å². The minimum Gasteiger partial charge on any atom is -0.496 e. The fourth-order valence-corrected chi connectivity index (χ4v) is 2.58. The fraction of sp³-hybridized carbons (Fsp3) is 0.188. The van der Waals surface area contributed by atoms with Crippen molar-refractivity contribution in [1.29, 1.82) is 0 Å². The van der Waals surface area contributed by atoms with Crippen LogP contribution in [0.4, 0.5) is 10.1 Å². The highest BCUT2D eigenvalue weighted by Crippen LogP contribution is 2.33. The standard InChI is InChI=1S/C16H14FNO2/c1-20-14-8-3-2-6-12(14)16(19)18-10-9-11-5-4-7-13(17)15(11)18/h2-8H,9-10H2,1H3. The minimum absolute atomic E-state index is 0.230. The number of nitrogens with zero attached hydrogens (tertiary/aromatic N) is 1. The van der Waals surface area contributed by atoms with E-state index in [0.29, 0.717) is 30.0 Å². The number of halogens is 1. The Morgan fingerprint density at radius 3 is 2.80 bits per heavy atom. The maximum absolute atomic E-state index is 14.0. The summed E-state index contributed by atoms with van der Waals surface area (Å²) < 4.78 is 19.2. The van der Waals surface area contributed by atoms with Crippen LogP contribution in [0.1, 0.15) is 15.9 Å². The summed E-state index contributed by atoms with van der Waals surface area (Å²) in [6.07, 6.45) is 0.675. The van der Waals surface area contributed by atoms with Crippen LogP contribution in [0.5, 0.6) is 5.75 Å². The molecule has 0 atom stereocenters. The number of amides is 1. The Bertz CT molecular complexity index is 669. The number of hydrogen-bond acceptors (Lipinski definition) is 2. The number of hydrogen-bond donors (Lipinski definition) is 0. The van der Waals surface area contributed by atoms with Gasteiger partial charge in [-0.2, -0.15) is 0 Å². The number of para-hydroxylation sites is 2.